The molecule has 0 spiro atoms. The molecule has 0 atom stereocenters. The SMILES string of the molecule is CCN(CC)c1ccc(NS(=O)(=O)c2cc(N3CCCCS3(=O)=O)ccc2OC)cc1. The molecule has 1 N–H and O–H groups in total. The highest BCUT2D eigenvalue weighted by atomic mass is 32.2. The van der Waals surface area contributed by atoms with Crippen molar-refractivity contribution in [3.63, 3.8) is 0 Å². The molecule has 1 fully saturated rings. The Kier molecular flexibility index (Phi) is 7.00. The van der Waals surface area contributed by atoms with Crippen LogP contribution in [0.3, 0.4) is 0 Å². The molecule has 10 heteroatoms. The highest BCUT2D eigenvalue weighted by Crippen LogP contribution is 2.33. The standard InChI is InChI=1S/C21H29N3O5S2/c1-4-23(5-2)18-10-8-17(9-11-18)22-31(27,28)21-16-19(12-13-20(21)29-3)24-14-6-7-15-30(24,25)26/h8-13,16,22H,4-7,14-15H2,1-3H3. The smallest absolute Gasteiger partial charge is 0.265 e. The van der Waals surface area contributed by atoms with Crippen LogP contribution in [0, 0.1) is 0 Å². The van der Waals surface area contributed by atoms with Crippen LogP contribution < -0.4 is 18.7 Å². The summed E-state index contributed by atoms with van der Waals surface area (Å²) in [4.78, 5) is 2.05. The van der Waals surface area contributed by atoms with Crippen LogP contribution in [-0.2, 0) is 20.0 Å². The molecule has 8 nitrogen and oxygen atoms in total. The highest BCUT2D eigenvalue weighted by molar-refractivity contribution is 7.93. The maximum Gasteiger partial charge on any atom is 0.265 e. The van der Waals surface area contributed by atoms with Crippen LogP contribution in [0.1, 0.15) is 26.7 Å². The third-order valence-corrected chi connectivity index (χ3v) is 8.59. The summed E-state index contributed by atoms with van der Waals surface area (Å²) < 4.78 is 60.3. The molecule has 0 aliphatic carbocycles. The molecule has 1 heterocycles. The van der Waals surface area contributed by atoms with Gasteiger partial charge in [-0.15, -0.1) is 0 Å². The van der Waals surface area contributed by atoms with Crippen LogP contribution in [0.4, 0.5) is 17.1 Å². The zero-order valence-corrected chi connectivity index (χ0v) is 19.7. The molecule has 1 aliphatic heterocycles. The van der Waals surface area contributed by atoms with Crippen LogP contribution in [0.25, 0.3) is 0 Å². The van der Waals surface area contributed by atoms with Gasteiger partial charge in [-0.1, -0.05) is 0 Å². The lowest BCUT2D eigenvalue weighted by Gasteiger charge is -2.28. The Morgan fingerprint density at radius 2 is 1.74 bits per heavy atom. The topological polar surface area (TPSA) is 96.0 Å². The van der Waals surface area contributed by atoms with E-state index in [9.17, 15) is 16.8 Å². The number of anilines is 3. The van der Waals surface area contributed by atoms with Crippen LogP contribution in [0.5, 0.6) is 5.75 Å². The van der Waals surface area contributed by atoms with Crippen molar-refractivity contribution in [3.05, 3.63) is 42.5 Å². The molecule has 0 bridgehead atoms. The van der Waals surface area contributed by atoms with Gasteiger partial charge in [0, 0.05) is 31.0 Å². The lowest BCUT2D eigenvalue weighted by molar-refractivity contribution is 0.403. The number of benzene rings is 2. The first kappa shape index (κ1) is 23.2. The van der Waals surface area contributed by atoms with E-state index in [1.807, 2.05) is 12.1 Å². The summed E-state index contributed by atoms with van der Waals surface area (Å²) in [6.07, 6.45) is 1.33. The molecular formula is C21H29N3O5S2. The van der Waals surface area contributed by atoms with E-state index in [0.717, 1.165) is 25.2 Å². The molecule has 0 unspecified atom stereocenters. The van der Waals surface area contributed by atoms with Gasteiger partial charge in [-0.05, 0) is 69.2 Å². The Morgan fingerprint density at radius 3 is 2.32 bits per heavy atom. The number of ether oxygens (including phenoxy) is 1. The van der Waals surface area contributed by atoms with Crippen molar-refractivity contribution in [3.8, 4) is 5.75 Å². The number of nitrogens with one attached hydrogen (secondary N) is 1. The predicted octanol–water partition coefficient (Wildman–Crippen LogP) is 3.27. The Labute approximate surface area is 184 Å². The fourth-order valence-electron chi connectivity index (χ4n) is 3.65. The molecule has 0 saturated carbocycles. The molecule has 1 saturated heterocycles. The van der Waals surface area contributed by atoms with Crippen molar-refractivity contribution in [2.24, 2.45) is 0 Å². The minimum atomic E-state index is -4.01. The average Bonchev–Trinajstić information content (AvgIpc) is 2.75. The molecule has 2 aromatic rings. The number of rotatable bonds is 8. The minimum Gasteiger partial charge on any atom is -0.495 e. The third kappa shape index (κ3) is 5.07. The number of hydrogen-bond donors (Lipinski definition) is 1. The summed E-state index contributed by atoms with van der Waals surface area (Å²) in [5, 5.41) is 0. The summed E-state index contributed by atoms with van der Waals surface area (Å²) >= 11 is 0. The quantitative estimate of drug-likeness (QED) is 0.640. The van der Waals surface area contributed by atoms with Crippen molar-refractivity contribution in [2.45, 2.75) is 31.6 Å². The van der Waals surface area contributed by atoms with Gasteiger partial charge < -0.3 is 9.64 Å². The van der Waals surface area contributed by atoms with E-state index in [1.54, 1.807) is 18.2 Å². The van der Waals surface area contributed by atoms with Gasteiger partial charge in [0.1, 0.15) is 10.6 Å². The number of sulfonamides is 2. The Bertz CT molecular complexity index is 1110. The van der Waals surface area contributed by atoms with Crippen molar-refractivity contribution in [2.75, 3.05) is 46.4 Å². The van der Waals surface area contributed by atoms with Crippen LogP contribution in [-0.4, -0.2) is 49.3 Å². The van der Waals surface area contributed by atoms with Gasteiger partial charge in [-0.2, -0.15) is 0 Å². The first-order valence-electron chi connectivity index (χ1n) is 10.3. The van der Waals surface area contributed by atoms with Gasteiger partial charge >= 0.3 is 0 Å². The zero-order valence-electron chi connectivity index (χ0n) is 18.0. The maximum absolute atomic E-state index is 13.1. The summed E-state index contributed by atoms with van der Waals surface area (Å²) in [6.45, 7) is 6.15. The molecule has 0 amide bonds. The monoisotopic (exact) mass is 467 g/mol. The summed E-state index contributed by atoms with van der Waals surface area (Å²) in [5.74, 6) is 0.198. The van der Waals surface area contributed by atoms with Crippen LogP contribution in [0.2, 0.25) is 0 Å². The van der Waals surface area contributed by atoms with E-state index in [2.05, 4.69) is 23.5 Å². The lowest BCUT2D eigenvalue weighted by Crippen LogP contribution is -2.37. The largest absolute Gasteiger partial charge is 0.495 e. The molecule has 1 aliphatic rings. The summed E-state index contributed by atoms with van der Waals surface area (Å²) in [5.41, 5.74) is 1.73. The second kappa shape index (κ2) is 9.35. The normalized spacial score (nSPS) is 16.0. The number of nitrogens with zero attached hydrogens (tertiary/aromatic N) is 2. The van der Waals surface area contributed by atoms with Gasteiger partial charge in [0.05, 0.1) is 18.6 Å². The average molecular weight is 468 g/mol. The van der Waals surface area contributed by atoms with Gasteiger partial charge in [0.15, 0.2) is 0 Å². The minimum absolute atomic E-state index is 0.0538. The highest BCUT2D eigenvalue weighted by Gasteiger charge is 2.28. The molecule has 0 radical (unpaired) electrons. The van der Waals surface area contributed by atoms with Crippen LogP contribution in [0.15, 0.2) is 47.4 Å². The van der Waals surface area contributed by atoms with E-state index in [0.29, 0.717) is 24.3 Å². The fourth-order valence-corrected chi connectivity index (χ4v) is 6.53. The first-order chi connectivity index (χ1) is 14.7. The summed E-state index contributed by atoms with van der Waals surface area (Å²) in [6, 6.07) is 11.5. The van der Waals surface area contributed by atoms with E-state index in [4.69, 9.17) is 4.74 Å². The zero-order chi connectivity index (χ0) is 22.6. The van der Waals surface area contributed by atoms with Crippen molar-refractivity contribution < 1.29 is 21.6 Å². The molecule has 31 heavy (non-hydrogen) atoms. The molecule has 3 rings (SSSR count). The molecule has 170 valence electrons. The molecular weight excluding hydrogens is 438 g/mol. The van der Waals surface area contributed by atoms with Crippen LogP contribution >= 0.6 is 0 Å². The third-order valence-electron chi connectivity index (χ3n) is 5.32. The lowest BCUT2D eigenvalue weighted by atomic mass is 10.2. The van der Waals surface area contributed by atoms with Crippen molar-refractivity contribution >= 4 is 37.1 Å². The van der Waals surface area contributed by atoms with E-state index >= 15 is 0 Å². The fraction of sp³-hybridized carbons (Fsp3) is 0.429. The van der Waals surface area contributed by atoms with Gasteiger partial charge in [0.2, 0.25) is 10.0 Å². The predicted molar refractivity (Wildman–Crippen MR) is 124 cm³/mol. The Balaban J connectivity index is 1.93. The Morgan fingerprint density at radius 1 is 1.06 bits per heavy atom. The second-order valence-corrected chi connectivity index (χ2v) is 10.9. The summed E-state index contributed by atoms with van der Waals surface area (Å²) in [7, 11) is -6.09. The van der Waals surface area contributed by atoms with Gasteiger partial charge in [-0.25, -0.2) is 16.8 Å². The van der Waals surface area contributed by atoms with Gasteiger partial charge in [0.25, 0.3) is 10.0 Å². The van der Waals surface area contributed by atoms with Crippen molar-refractivity contribution in [1.29, 1.82) is 0 Å². The number of hydrogen-bond acceptors (Lipinski definition) is 6. The van der Waals surface area contributed by atoms with Crippen molar-refractivity contribution in [1.82, 2.24) is 0 Å². The van der Waals surface area contributed by atoms with E-state index < -0.39 is 20.0 Å². The van der Waals surface area contributed by atoms with E-state index in [1.165, 1.54) is 23.5 Å². The maximum atomic E-state index is 13.1. The first-order valence-corrected chi connectivity index (χ1v) is 13.4. The van der Waals surface area contributed by atoms with E-state index in [-0.39, 0.29) is 16.4 Å². The molecule has 2 aromatic carbocycles. The molecule has 0 aromatic heterocycles. The van der Waals surface area contributed by atoms with Gasteiger partial charge in [-0.3, -0.25) is 9.03 Å². The second-order valence-electron chi connectivity index (χ2n) is 7.26. The number of methoxy groups -OCH3 is 1. The Hall–Kier alpha value is -2.46.